The fourth-order valence-electron chi connectivity index (χ4n) is 2.34. The van der Waals surface area contributed by atoms with Crippen molar-refractivity contribution in [3.63, 3.8) is 0 Å². The topological polar surface area (TPSA) is 0 Å². The minimum atomic E-state index is -1.40. The van der Waals surface area contributed by atoms with Gasteiger partial charge in [0.15, 0.2) is 0 Å². The number of hydrogen-bond donors (Lipinski definition) is 0. The van der Waals surface area contributed by atoms with Crippen LogP contribution in [0, 0.1) is 0 Å². The van der Waals surface area contributed by atoms with Crippen LogP contribution in [0.2, 0.25) is 13.1 Å². The first kappa shape index (κ1) is 11.4. The van der Waals surface area contributed by atoms with Crippen molar-refractivity contribution in [1.29, 1.82) is 0 Å². The second kappa shape index (κ2) is 4.83. The molecule has 1 aliphatic rings. The predicted molar refractivity (Wildman–Crippen MR) is 74.6 cm³/mol. The van der Waals surface area contributed by atoms with Crippen molar-refractivity contribution in [3.8, 4) is 0 Å². The first-order valence-electron chi connectivity index (χ1n) is 6.13. The Bertz CT molecular complexity index is 399. The van der Waals surface area contributed by atoms with Crippen molar-refractivity contribution in [3.05, 3.63) is 53.8 Å². The van der Waals surface area contributed by atoms with Crippen LogP contribution in [-0.4, -0.2) is 8.07 Å². The van der Waals surface area contributed by atoms with Crippen LogP contribution in [0.5, 0.6) is 0 Å². The number of benzene rings is 1. The van der Waals surface area contributed by atoms with E-state index in [2.05, 4.69) is 61.7 Å². The molecule has 1 aromatic rings. The normalized spacial score (nSPS) is 16.8. The van der Waals surface area contributed by atoms with Gasteiger partial charge in [0.05, 0.1) is 0 Å². The molecule has 0 aromatic heterocycles. The van der Waals surface area contributed by atoms with Crippen LogP contribution >= 0.6 is 0 Å². The van der Waals surface area contributed by atoms with Crippen LogP contribution in [0.1, 0.15) is 19.3 Å². The summed E-state index contributed by atoms with van der Waals surface area (Å²) in [5.74, 6) is 0. The van der Waals surface area contributed by atoms with E-state index in [0.29, 0.717) is 0 Å². The Morgan fingerprint density at radius 1 is 1.06 bits per heavy atom. The van der Waals surface area contributed by atoms with E-state index < -0.39 is 8.07 Å². The lowest BCUT2D eigenvalue weighted by Gasteiger charge is -2.26. The first-order chi connectivity index (χ1) is 7.71. The lowest BCUT2D eigenvalue weighted by Crippen LogP contribution is -2.43. The average molecular weight is 228 g/mol. The summed E-state index contributed by atoms with van der Waals surface area (Å²) in [5.41, 5.74) is 0. The van der Waals surface area contributed by atoms with Gasteiger partial charge in [-0.2, -0.15) is 0 Å². The maximum absolute atomic E-state index is 2.47. The van der Waals surface area contributed by atoms with E-state index in [0.717, 1.165) is 0 Å². The summed E-state index contributed by atoms with van der Waals surface area (Å²) in [5, 5.41) is 3.24. The predicted octanol–water partition coefficient (Wildman–Crippen LogP) is 3.81. The number of hydrogen-bond acceptors (Lipinski definition) is 0. The zero-order valence-electron chi connectivity index (χ0n) is 10.2. The summed E-state index contributed by atoms with van der Waals surface area (Å²) < 4.78 is 0. The zero-order valence-corrected chi connectivity index (χ0v) is 11.2. The molecule has 0 heterocycles. The van der Waals surface area contributed by atoms with E-state index in [1.54, 1.807) is 10.4 Å². The van der Waals surface area contributed by atoms with Crippen LogP contribution in [0.25, 0.3) is 0 Å². The van der Waals surface area contributed by atoms with Crippen LogP contribution in [0.15, 0.2) is 53.8 Å². The summed E-state index contributed by atoms with van der Waals surface area (Å²) in [6.07, 6.45) is 10.7. The summed E-state index contributed by atoms with van der Waals surface area (Å²) >= 11 is 0. The monoisotopic (exact) mass is 228 g/mol. The van der Waals surface area contributed by atoms with Gasteiger partial charge < -0.3 is 0 Å². The molecule has 0 fully saturated rings. The van der Waals surface area contributed by atoms with Gasteiger partial charge in [-0.05, 0) is 19.3 Å². The molecule has 0 saturated carbocycles. The minimum absolute atomic E-state index is 1.24. The minimum Gasteiger partial charge on any atom is -0.0845 e. The van der Waals surface area contributed by atoms with Gasteiger partial charge in [-0.15, -0.1) is 0 Å². The average Bonchev–Trinajstić information content (AvgIpc) is 2.59. The molecular weight excluding hydrogens is 208 g/mol. The highest BCUT2D eigenvalue weighted by molar-refractivity contribution is 6.95. The van der Waals surface area contributed by atoms with E-state index in [9.17, 15) is 0 Å². The van der Waals surface area contributed by atoms with E-state index in [1.807, 2.05) is 0 Å². The molecule has 1 heteroatoms. The fourth-order valence-corrected chi connectivity index (χ4v) is 5.05. The molecule has 16 heavy (non-hydrogen) atoms. The van der Waals surface area contributed by atoms with Crippen LogP contribution in [0.4, 0.5) is 0 Å². The third-order valence-corrected chi connectivity index (χ3v) is 7.35. The molecule has 0 unspecified atom stereocenters. The van der Waals surface area contributed by atoms with Gasteiger partial charge in [0.1, 0.15) is 8.07 Å². The lowest BCUT2D eigenvalue weighted by atomic mass is 10.2. The summed E-state index contributed by atoms with van der Waals surface area (Å²) in [7, 11) is -1.40. The van der Waals surface area contributed by atoms with E-state index in [1.165, 1.54) is 19.3 Å². The Balaban J connectivity index is 2.31. The molecule has 2 rings (SSSR count). The molecule has 0 bridgehead atoms. The maximum atomic E-state index is 2.47. The van der Waals surface area contributed by atoms with Gasteiger partial charge in [-0.3, -0.25) is 0 Å². The van der Waals surface area contributed by atoms with Crippen molar-refractivity contribution >= 4 is 13.3 Å². The van der Waals surface area contributed by atoms with Crippen molar-refractivity contribution in [1.82, 2.24) is 0 Å². The summed E-state index contributed by atoms with van der Waals surface area (Å²) in [6, 6.07) is 11.0. The Morgan fingerprint density at radius 2 is 1.81 bits per heavy atom. The zero-order chi connectivity index (χ0) is 11.4. The summed E-state index contributed by atoms with van der Waals surface area (Å²) in [4.78, 5) is 0. The molecule has 0 amide bonds. The van der Waals surface area contributed by atoms with E-state index in [4.69, 9.17) is 0 Å². The lowest BCUT2D eigenvalue weighted by molar-refractivity contribution is 0.861. The molecule has 0 nitrogen and oxygen atoms in total. The van der Waals surface area contributed by atoms with Gasteiger partial charge in [0.2, 0.25) is 0 Å². The van der Waals surface area contributed by atoms with E-state index in [-0.39, 0.29) is 0 Å². The quantitative estimate of drug-likeness (QED) is 0.675. The molecule has 0 atom stereocenters. The molecule has 0 N–H and O–H groups in total. The van der Waals surface area contributed by atoms with E-state index >= 15 is 0 Å². The fraction of sp³-hybridized carbons (Fsp3) is 0.333. The highest BCUT2D eigenvalue weighted by Crippen LogP contribution is 2.23. The van der Waals surface area contributed by atoms with Crippen molar-refractivity contribution in [2.24, 2.45) is 0 Å². The van der Waals surface area contributed by atoms with Crippen LogP contribution < -0.4 is 5.19 Å². The molecule has 0 saturated heterocycles. The van der Waals surface area contributed by atoms with Gasteiger partial charge in [0, 0.05) is 0 Å². The molecule has 84 valence electrons. The Labute approximate surface area is 99.7 Å². The maximum Gasteiger partial charge on any atom is 0.107 e. The van der Waals surface area contributed by atoms with Crippen molar-refractivity contribution in [2.45, 2.75) is 32.4 Å². The third-order valence-electron chi connectivity index (χ3n) is 3.55. The van der Waals surface area contributed by atoms with Gasteiger partial charge in [-0.1, -0.05) is 72.0 Å². The number of allylic oxidation sites excluding steroid dienone is 4. The Kier molecular flexibility index (Phi) is 3.45. The first-order valence-corrected chi connectivity index (χ1v) is 9.13. The van der Waals surface area contributed by atoms with Gasteiger partial charge >= 0.3 is 0 Å². The van der Waals surface area contributed by atoms with Gasteiger partial charge in [-0.25, -0.2) is 0 Å². The molecule has 1 aliphatic carbocycles. The molecule has 1 aromatic carbocycles. The highest BCUT2D eigenvalue weighted by atomic mass is 28.3. The van der Waals surface area contributed by atoms with Crippen molar-refractivity contribution < 1.29 is 0 Å². The SMILES string of the molecule is C[Si](C)(C1=CC=CCCC1)c1ccccc1. The number of rotatable bonds is 2. The molecule has 0 radical (unpaired) electrons. The molecular formula is C15H20Si. The smallest absolute Gasteiger partial charge is 0.0845 e. The van der Waals surface area contributed by atoms with Gasteiger partial charge in [0.25, 0.3) is 0 Å². The Morgan fingerprint density at radius 3 is 2.56 bits per heavy atom. The standard InChI is InChI=1S/C15H20Si/c1-16(2,15-12-8-5-9-13-15)14-10-6-3-4-7-11-14/h3,5-6,8-10,12-13H,4,7,11H2,1-2H3. The Hall–Kier alpha value is -1.08. The van der Waals surface area contributed by atoms with Crippen molar-refractivity contribution in [2.75, 3.05) is 0 Å². The largest absolute Gasteiger partial charge is 0.107 e. The second-order valence-electron chi connectivity index (χ2n) is 5.00. The van der Waals surface area contributed by atoms with Crippen LogP contribution in [-0.2, 0) is 0 Å². The van der Waals surface area contributed by atoms with Crippen LogP contribution in [0.3, 0.4) is 0 Å². The molecule has 0 aliphatic heterocycles. The summed E-state index contributed by atoms with van der Waals surface area (Å²) in [6.45, 7) is 4.93. The third kappa shape index (κ3) is 2.35. The second-order valence-corrected chi connectivity index (χ2v) is 9.47. The highest BCUT2D eigenvalue weighted by Gasteiger charge is 2.27. The molecule has 0 spiro atoms.